The van der Waals surface area contributed by atoms with Gasteiger partial charge in [-0.25, -0.2) is 0 Å². The summed E-state index contributed by atoms with van der Waals surface area (Å²) in [6, 6.07) is 20.8. The largest absolute Gasteiger partial charge is 0.348 e. The van der Waals surface area contributed by atoms with Gasteiger partial charge in [-0.1, -0.05) is 66.7 Å². The Morgan fingerprint density at radius 2 is 1.54 bits per heavy atom. The molecule has 24 heavy (non-hydrogen) atoms. The molecular formula is C20H15F2NO. The molecule has 3 aromatic carbocycles. The summed E-state index contributed by atoms with van der Waals surface area (Å²) >= 11 is 0. The van der Waals surface area contributed by atoms with Crippen LogP contribution in [0.15, 0.2) is 72.8 Å². The minimum Gasteiger partial charge on any atom is -0.319 e. The molecule has 1 aliphatic rings. The summed E-state index contributed by atoms with van der Waals surface area (Å²) < 4.78 is 28.5. The molecule has 1 saturated heterocycles. The maximum atomic E-state index is 14.2. The van der Waals surface area contributed by atoms with Crippen molar-refractivity contribution in [3.05, 3.63) is 83.9 Å². The number of fused-ring (bicyclic) bond motifs is 1. The first-order valence-electron chi connectivity index (χ1n) is 7.79. The summed E-state index contributed by atoms with van der Waals surface area (Å²) in [6.07, 6.45) is 0. The Labute approximate surface area is 138 Å². The lowest BCUT2D eigenvalue weighted by Gasteiger charge is -2.46. The molecule has 3 aromatic rings. The Balaban J connectivity index is 1.71. The Morgan fingerprint density at radius 1 is 0.875 bits per heavy atom. The first-order valence-corrected chi connectivity index (χ1v) is 7.79. The van der Waals surface area contributed by atoms with Crippen molar-refractivity contribution in [1.29, 1.82) is 0 Å². The van der Waals surface area contributed by atoms with Crippen LogP contribution in [0.1, 0.15) is 17.2 Å². The third-order valence-electron chi connectivity index (χ3n) is 4.49. The third-order valence-corrected chi connectivity index (χ3v) is 4.49. The molecule has 0 N–H and O–H groups in total. The Hall–Kier alpha value is -2.75. The van der Waals surface area contributed by atoms with Crippen LogP contribution in [0, 0.1) is 0 Å². The second-order valence-corrected chi connectivity index (χ2v) is 6.05. The number of carbonyl (C=O) groups is 1. The molecule has 4 heteroatoms. The molecule has 0 aromatic heterocycles. The normalized spacial score (nSPS) is 19.3. The summed E-state index contributed by atoms with van der Waals surface area (Å²) in [7, 11) is 0. The SMILES string of the molecule is O=C1N(Cc2ccccc2)[C@H](c2ccc3ccccc3c2)C1(F)F. The zero-order valence-electron chi connectivity index (χ0n) is 12.8. The van der Waals surface area contributed by atoms with E-state index in [0.29, 0.717) is 5.56 Å². The zero-order chi connectivity index (χ0) is 16.7. The fourth-order valence-electron chi connectivity index (χ4n) is 3.27. The number of hydrogen-bond acceptors (Lipinski definition) is 1. The van der Waals surface area contributed by atoms with Crippen LogP contribution in [-0.4, -0.2) is 16.7 Å². The fraction of sp³-hybridized carbons (Fsp3) is 0.150. The molecule has 0 saturated carbocycles. The number of amides is 1. The van der Waals surface area contributed by atoms with Gasteiger partial charge in [0.25, 0.3) is 5.91 Å². The first kappa shape index (κ1) is 14.8. The van der Waals surface area contributed by atoms with Crippen LogP contribution in [0.25, 0.3) is 10.8 Å². The molecule has 1 fully saturated rings. The van der Waals surface area contributed by atoms with Crippen LogP contribution in [0.4, 0.5) is 8.78 Å². The molecule has 120 valence electrons. The van der Waals surface area contributed by atoms with E-state index in [0.717, 1.165) is 16.3 Å². The summed E-state index contributed by atoms with van der Waals surface area (Å²) in [6.45, 7) is 0.187. The summed E-state index contributed by atoms with van der Waals surface area (Å²) in [5, 5.41) is 1.88. The summed E-state index contributed by atoms with van der Waals surface area (Å²) in [5.74, 6) is -4.46. The van der Waals surface area contributed by atoms with Gasteiger partial charge < -0.3 is 4.90 Å². The van der Waals surface area contributed by atoms with Gasteiger partial charge >= 0.3 is 5.92 Å². The second kappa shape index (κ2) is 5.41. The molecule has 1 amide bonds. The van der Waals surface area contributed by atoms with Crippen molar-refractivity contribution in [3.8, 4) is 0 Å². The Kier molecular flexibility index (Phi) is 3.34. The predicted molar refractivity (Wildman–Crippen MR) is 88.6 cm³/mol. The standard InChI is InChI=1S/C20H15F2NO/c21-20(22)18(17-11-10-15-8-4-5-9-16(15)12-17)23(19(20)24)13-14-6-2-1-3-7-14/h1-12,18H,13H2/t18-/m1/s1. The van der Waals surface area contributed by atoms with Crippen LogP contribution in [0.2, 0.25) is 0 Å². The number of benzene rings is 3. The van der Waals surface area contributed by atoms with Gasteiger partial charge in [0.2, 0.25) is 0 Å². The quantitative estimate of drug-likeness (QED) is 0.647. The van der Waals surface area contributed by atoms with E-state index < -0.39 is 17.9 Å². The number of halogens is 2. The minimum atomic E-state index is -3.35. The number of nitrogens with zero attached hydrogens (tertiary/aromatic N) is 1. The van der Waals surface area contributed by atoms with E-state index in [1.54, 1.807) is 12.1 Å². The highest BCUT2D eigenvalue weighted by Gasteiger charge is 2.63. The van der Waals surface area contributed by atoms with E-state index >= 15 is 0 Å². The topological polar surface area (TPSA) is 20.3 Å². The molecule has 0 radical (unpaired) electrons. The molecule has 4 rings (SSSR count). The number of rotatable bonds is 3. The molecule has 1 aliphatic heterocycles. The van der Waals surface area contributed by atoms with Crippen LogP contribution < -0.4 is 0 Å². The summed E-state index contributed by atoms with van der Waals surface area (Å²) in [5.41, 5.74) is 1.31. The zero-order valence-corrected chi connectivity index (χ0v) is 12.8. The highest BCUT2D eigenvalue weighted by atomic mass is 19.3. The van der Waals surface area contributed by atoms with Crippen molar-refractivity contribution in [2.75, 3.05) is 0 Å². The monoisotopic (exact) mass is 323 g/mol. The van der Waals surface area contributed by atoms with Crippen molar-refractivity contribution in [2.45, 2.75) is 18.5 Å². The average Bonchev–Trinajstić information content (AvgIpc) is 2.61. The van der Waals surface area contributed by atoms with Crippen molar-refractivity contribution < 1.29 is 13.6 Å². The van der Waals surface area contributed by atoms with E-state index in [1.807, 2.05) is 60.7 Å². The third kappa shape index (κ3) is 2.26. The van der Waals surface area contributed by atoms with Gasteiger partial charge in [0, 0.05) is 6.54 Å². The first-order chi connectivity index (χ1) is 11.6. The molecular weight excluding hydrogens is 308 g/mol. The molecule has 0 spiro atoms. The van der Waals surface area contributed by atoms with Crippen molar-refractivity contribution in [3.63, 3.8) is 0 Å². The van der Waals surface area contributed by atoms with Gasteiger partial charge in [0.1, 0.15) is 6.04 Å². The average molecular weight is 323 g/mol. The van der Waals surface area contributed by atoms with Crippen LogP contribution in [0.5, 0.6) is 0 Å². The number of carbonyl (C=O) groups excluding carboxylic acids is 1. The fourth-order valence-corrected chi connectivity index (χ4v) is 3.27. The lowest BCUT2D eigenvalue weighted by molar-refractivity contribution is -0.207. The van der Waals surface area contributed by atoms with E-state index in [-0.39, 0.29) is 6.54 Å². The molecule has 1 atom stereocenters. The Morgan fingerprint density at radius 3 is 2.29 bits per heavy atom. The molecule has 0 unspecified atom stereocenters. The number of β-lactam (4-membered cyclic amide) rings is 1. The van der Waals surface area contributed by atoms with E-state index in [4.69, 9.17) is 0 Å². The van der Waals surface area contributed by atoms with Gasteiger partial charge in [-0.2, -0.15) is 8.78 Å². The molecule has 2 nitrogen and oxygen atoms in total. The summed E-state index contributed by atoms with van der Waals surface area (Å²) in [4.78, 5) is 13.2. The smallest absolute Gasteiger partial charge is 0.319 e. The van der Waals surface area contributed by atoms with Crippen molar-refractivity contribution in [1.82, 2.24) is 4.90 Å². The number of likely N-dealkylation sites (tertiary alicyclic amines) is 1. The van der Waals surface area contributed by atoms with Gasteiger partial charge in [-0.05, 0) is 28.0 Å². The van der Waals surface area contributed by atoms with E-state index in [2.05, 4.69) is 0 Å². The predicted octanol–water partition coefficient (Wildman–Crippen LogP) is 4.56. The lowest BCUT2D eigenvalue weighted by atomic mass is 9.88. The molecule has 0 aliphatic carbocycles. The maximum absolute atomic E-state index is 14.2. The van der Waals surface area contributed by atoms with E-state index in [9.17, 15) is 13.6 Å². The molecule has 0 bridgehead atoms. The van der Waals surface area contributed by atoms with Crippen molar-refractivity contribution >= 4 is 16.7 Å². The lowest BCUT2D eigenvalue weighted by Crippen LogP contribution is -2.63. The van der Waals surface area contributed by atoms with Gasteiger partial charge in [0.15, 0.2) is 0 Å². The Bertz CT molecular complexity index is 908. The van der Waals surface area contributed by atoms with E-state index in [1.165, 1.54) is 4.90 Å². The van der Waals surface area contributed by atoms with Crippen LogP contribution in [-0.2, 0) is 11.3 Å². The van der Waals surface area contributed by atoms with Gasteiger partial charge in [-0.3, -0.25) is 4.79 Å². The second-order valence-electron chi connectivity index (χ2n) is 6.05. The van der Waals surface area contributed by atoms with Crippen molar-refractivity contribution in [2.24, 2.45) is 0 Å². The molecule has 1 heterocycles. The van der Waals surface area contributed by atoms with Gasteiger partial charge in [0.05, 0.1) is 0 Å². The highest BCUT2D eigenvalue weighted by molar-refractivity contribution is 5.92. The highest BCUT2D eigenvalue weighted by Crippen LogP contribution is 2.48. The van der Waals surface area contributed by atoms with Gasteiger partial charge in [-0.15, -0.1) is 0 Å². The van der Waals surface area contributed by atoms with Crippen LogP contribution >= 0.6 is 0 Å². The number of hydrogen-bond donors (Lipinski definition) is 0. The minimum absolute atomic E-state index is 0.187. The number of alkyl halides is 2. The maximum Gasteiger partial charge on any atom is 0.348 e. The van der Waals surface area contributed by atoms with Crippen LogP contribution in [0.3, 0.4) is 0 Å².